The summed E-state index contributed by atoms with van der Waals surface area (Å²) in [6.07, 6.45) is 14.4. The molecule has 0 aromatic heterocycles. The molecule has 20 heavy (non-hydrogen) atoms. The van der Waals surface area contributed by atoms with Gasteiger partial charge in [0.1, 0.15) is 0 Å². The highest BCUT2D eigenvalue weighted by Gasteiger charge is 2.38. The predicted octanol–water partition coefficient (Wildman–Crippen LogP) is 3.66. The SMILES string of the molecule is C1CCN(C2(CNC3CCCSC3)CCCCC2)CC1. The number of hydrogen-bond donors (Lipinski definition) is 1. The number of thioether (sulfide) groups is 1. The molecular formula is C17H32N2S. The molecule has 0 aromatic rings. The summed E-state index contributed by atoms with van der Waals surface area (Å²) in [6.45, 7) is 3.99. The van der Waals surface area contributed by atoms with Gasteiger partial charge in [-0.1, -0.05) is 25.7 Å². The third-order valence-corrected chi connectivity index (χ3v) is 6.91. The van der Waals surface area contributed by atoms with Crippen molar-refractivity contribution in [2.45, 2.75) is 75.8 Å². The van der Waals surface area contributed by atoms with Gasteiger partial charge >= 0.3 is 0 Å². The number of rotatable bonds is 4. The molecule has 2 saturated heterocycles. The van der Waals surface area contributed by atoms with Crippen LogP contribution in [0.4, 0.5) is 0 Å². The van der Waals surface area contributed by atoms with E-state index in [4.69, 9.17) is 0 Å². The van der Waals surface area contributed by atoms with Gasteiger partial charge in [-0.05, 0) is 57.4 Å². The fourth-order valence-corrected chi connectivity index (χ4v) is 5.53. The highest BCUT2D eigenvalue weighted by atomic mass is 32.2. The van der Waals surface area contributed by atoms with Crippen LogP contribution >= 0.6 is 11.8 Å². The normalized spacial score (nSPS) is 32.1. The van der Waals surface area contributed by atoms with Crippen molar-refractivity contribution >= 4 is 11.8 Å². The van der Waals surface area contributed by atoms with Gasteiger partial charge in [-0.3, -0.25) is 4.90 Å². The van der Waals surface area contributed by atoms with E-state index >= 15 is 0 Å². The summed E-state index contributed by atoms with van der Waals surface area (Å²) in [5.74, 6) is 2.73. The maximum atomic E-state index is 3.97. The standard InChI is InChI=1S/C17H32N2S/c1-3-9-17(10-4-1,19-11-5-2-6-12-19)15-18-16-8-7-13-20-14-16/h16,18H,1-15H2. The third kappa shape index (κ3) is 3.72. The van der Waals surface area contributed by atoms with E-state index in [-0.39, 0.29) is 0 Å². The molecule has 0 aromatic carbocycles. The fourth-order valence-electron chi connectivity index (χ4n) is 4.42. The molecule has 2 aliphatic heterocycles. The Balaban J connectivity index is 1.59. The second kappa shape index (κ2) is 7.51. The second-order valence-electron chi connectivity index (χ2n) is 7.13. The van der Waals surface area contributed by atoms with Crippen LogP contribution < -0.4 is 5.32 Å². The third-order valence-electron chi connectivity index (χ3n) is 5.69. The molecule has 116 valence electrons. The summed E-state index contributed by atoms with van der Waals surface area (Å²) in [6, 6.07) is 0.789. The average molecular weight is 297 g/mol. The van der Waals surface area contributed by atoms with Crippen molar-refractivity contribution in [3.63, 3.8) is 0 Å². The molecule has 1 atom stereocenters. The first-order chi connectivity index (χ1) is 9.89. The molecule has 1 aliphatic carbocycles. The van der Waals surface area contributed by atoms with Gasteiger partial charge in [-0.2, -0.15) is 11.8 Å². The van der Waals surface area contributed by atoms with Crippen molar-refractivity contribution in [3.8, 4) is 0 Å². The van der Waals surface area contributed by atoms with Crippen LogP contribution in [0.1, 0.15) is 64.2 Å². The van der Waals surface area contributed by atoms with Gasteiger partial charge in [0, 0.05) is 23.9 Å². The number of hydrogen-bond acceptors (Lipinski definition) is 3. The predicted molar refractivity (Wildman–Crippen MR) is 89.6 cm³/mol. The number of likely N-dealkylation sites (tertiary alicyclic amines) is 1. The van der Waals surface area contributed by atoms with Gasteiger partial charge in [0.15, 0.2) is 0 Å². The highest BCUT2D eigenvalue weighted by Crippen LogP contribution is 2.35. The van der Waals surface area contributed by atoms with E-state index in [2.05, 4.69) is 22.0 Å². The molecule has 2 heterocycles. The zero-order valence-electron chi connectivity index (χ0n) is 13.0. The highest BCUT2D eigenvalue weighted by molar-refractivity contribution is 7.99. The summed E-state index contributed by atoms with van der Waals surface area (Å²) in [4.78, 5) is 2.87. The fraction of sp³-hybridized carbons (Fsp3) is 1.00. The lowest BCUT2D eigenvalue weighted by molar-refractivity contribution is 0.0316. The smallest absolute Gasteiger partial charge is 0.0334 e. The van der Waals surface area contributed by atoms with Crippen LogP contribution in [-0.2, 0) is 0 Å². The van der Waals surface area contributed by atoms with Crippen LogP contribution in [0.2, 0.25) is 0 Å². The summed E-state index contributed by atoms with van der Waals surface area (Å²) in [5, 5.41) is 3.97. The van der Waals surface area contributed by atoms with E-state index in [0.29, 0.717) is 5.54 Å². The Hall–Kier alpha value is 0.270. The molecule has 0 radical (unpaired) electrons. The molecule has 3 aliphatic rings. The van der Waals surface area contributed by atoms with Crippen LogP contribution in [0, 0.1) is 0 Å². The molecule has 1 saturated carbocycles. The first-order valence-electron chi connectivity index (χ1n) is 8.95. The minimum atomic E-state index is 0.515. The molecule has 3 rings (SSSR count). The second-order valence-corrected chi connectivity index (χ2v) is 8.28. The van der Waals surface area contributed by atoms with E-state index in [0.717, 1.165) is 6.04 Å². The molecule has 1 unspecified atom stereocenters. The Morgan fingerprint density at radius 2 is 1.70 bits per heavy atom. The van der Waals surface area contributed by atoms with Crippen molar-refractivity contribution in [2.24, 2.45) is 0 Å². The zero-order valence-corrected chi connectivity index (χ0v) is 13.9. The topological polar surface area (TPSA) is 15.3 Å². The maximum Gasteiger partial charge on any atom is 0.0334 e. The van der Waals surface area contributed by atoms with Crippen molar-refractivity contribution in [3.05, 3.63) is 0 Å². The Kier molecular flexibility index (Phi) is 5.70. The van der Waals surface area contributed by atoms with E-state index in [1.807, 2.05) is 0 Å². The Labute approximate surface area is 129 Å². The molecule has 3 fully saturated rings. The Morgan fingerprint density at radius 1 is 0.950 bits per heavy atom. The summed E-state index contributed by atoms with van der Waals surface area (Å²) >= 11 is 2.15. The molecule has 0 bridgehead atoms. The molecule has 2 nitrogen and oxygen atoms in total. The van der Waals surface area contributed by atoms with E-state index in [1.54, 1.807) is 0 Å². The Morgan fingerprint density at radius 3 is 2.40 bits per heavy atom. The summed E-state index contributed by atoms with van der Waals surface area (Å²) in [7, 11) is 0. The van der Waals surface area contributed by atoms with Gasteiger partial charge < -0.3 is 5.32 Å². The van der Waals surface area contributed by atoms with Gasteiger partial charge in [0.25, 0.3) is 0 Å². The van der Waals surface area contributed by atoms with Crippen molar-refractivity contribution in [2.75, 3.05) is 31.1 Å². The molecule has 0 spiro atoms. The van der Waals surface area contributed by atoms with Crippen LogP contribution in [0.25, 0.3) is 0 Å². The van der Waals surface area contributed by atoms with Crippen molar-refractivity contribution < 1.29 is 0 Å². The van der Waals surface area contributed by atoms with Gasteiger partial charge in [0.05, 0.1) is 0 Å². The molecule has 3 heteroatoms. The molecule has 0 amide bonds. The lowest BCUT2D eigenvalue weighted by Crippen LogP contribution is -2.58. The molecular weight excluding hydrogens is 264 g/mol. The minimum Gasteiger partial charge on any atom is -0.311 e. The van der Waals surface area contributed by atoms with Gasteiger partial charge in [-0.25, -0.2) is 0 Å². The number of nitrogens with one attached hydrogen (secondary N) is 1. The number of nitrogens with zero attached hydrogens (tertiary/aromatic N) is 1. The van der Waals surface area contributed by atoms with Gasteiger partial charge in [-0.15, -0.1) is 0 Å². The quantitative estimate of drug-likeness (QED) is 0.852. The van der Waals surface area contributed by atoms with Crippen LogP contribution in [-0.4, -0.2) is 47.6 Å². The number of piperidine rings is 1. The van der Waals surface area contributed by atoms with E-state index < -0.39 is 0 Å². The minimum absolute atomic E-state index is 0.515. The lowest BCUT2D eigenvalue weighted by Gasteiger charge is -2.49. The van der Waals surface area contributed by atoms with E-state index in [1.165, 1.54) is 95.3 Å². The summed E-state index contributed by atoms with van der Waals surface area (Å²) < 4.78 is 0. The van der Waals surface area contributed by atoms with E-state index in [9.17, 15) is 0 Å². The van der Waals surface area contributed by atoms with Crippen LogP contribution in [0.5, 0.6) is 0 Å². The maximum absolute atomic E-state index is 3.97. The largest absolute Gasteiger partial charge is 0.311 e. The van der Waals surface area contributed by atoms with Gasteiger partial charge in [0.2, 0.25) is 0 Å². The van der Waals surface area contributed by atoms with Crippen LogP contribution in [0.3, 0.4) is 0 Å². The average Bonchev–Trinajstić information content (AvgIpc) is 2.56. The van der Waals surface area contributed by atoms with Crippen molar-refractivity contribution in [1.29, 1.82) is 0 Å². The monoisotopic (exact) mass is 296 g/mol. The van der Waals surface area contributed by atoms with Crippen LogP contribution in [0.15, 0.2) is 0 Å². The molecule has 1 N–H and O–H groups in total. The van der Waals surface area contributed by atoms with Crippen molar-refractivity contribution in [1.82, 2.24) is 10.2 Å². The Bertz CT molecular complexity index is 277. The first kappa shape index (κ1) is 15.2. The first-order valence-corrected chi connectivity index (χ1v) is 10.1. The lowest BCUT2D eigenvalue weighted by atomic mass is 9.79. The zero-order chi connectivity index (χ0) is 13.7. The summed E-state index contributed by atoms with van der Waals surface area (Å²) in [5.41, 5.74) is 0.515.